The third-order valence-electron chi connectivity index (χ3n) is 1.58. The fraction of sp³-hybridized carbons (Fsp3) is 0.222. The number of amides is 1. The minimum Gasteiger partial charge on any atom is -0.493 e. The van der Waals surface area contributed by atoms with Crippen molar-refractivity contribution < 1.29 is 9.53 Å². The van der Waals surface area contributed by atoms with Crippen LogP contribution >= 0.6 is 15.9 Å². The fourth-order valence-electron chi connectivity index (χ4n) is 1.10. The van der Waals surface area contributed by atoms with E-state index in [-0.39, 0.29) is 5.91 Å². The third-order valence-corrected chi connectivity index (χ3v) is 2.17. The minimum absolute atomic E-state index is 0.166. The van der Waals surface area contributed by atoms with Gasteiger partial charge in [0.1, 0.15) is 0 Å². The lowest BCUT2D eigenvalue weighted by Gasteiger charge is -2.11. The molecule has 3 N–H and O–H groups in total. The van der Waals surface area contributed by atoms with Crippen molar-refractivity contribution >= 4 is 33.2 Å². The first-order valence-electron chi connectivity index (χ1n) is 3.95. The van der Waals surface area contributed by atoms with Gasteiger partial charge in [-0.1, -0.05) is 0 Å². The molecule has 5 heteroatoms. The zero-order chi connectivity index (χ0) is 10.7. The van der Waals surface area contributed by atoms with Crippen LogP contribution in [0.3, 0.4) is 0 Å². The zero-order valence-corrected chi connectivity index (χ0v) is 9.51. The van der Waals surface area contributed by atoms with E-state index in [1.807, 2.05) is 0 Å². The van der Waals surface area contributed by atoms with Gasteiger partial charge in [-0.3, -0.25) is 4.79 Å². The van der Waals surface area contributed by atoms with Crippen molar-refractivity contribution in [2.24, 2.45) is 0 Å². The number of ether oxygens (including phenoxy) is 1. The van der Waals surface area contributed by atoms with Gasteiger partial charge < -0.3 is 15.8 Å². The molecule has 1 amide bonds. The van der Waals surface area contributed by atoms with Crippen LogP contribution in [0, 0.1) is 0 Å². The van der Waals surface area contributed by atoms with Crippen LogP contribution in [0.2, 0.25) is 0 Å². The number of halogens is 1. The molecule has 4 nitrogen and oxygen atoms in total. The molecule has 0 spiro atoms. The van der Waals surface area contributed by atoms with Crippen LogP contribution in [0.5, 0.6) is 5.75 Å². The van der Waals surface area contributed by atoms with Gasteiger partial charge in [-0.15, -0.1) is 0 Å². The summed E-state index contributed by atoms with van der Waals surface area (Å²) in [6, 6.07) is 3.36. The lowest BCUT2D eigenvalue weighted by molar-refractivity contribution is -0.114. The number of benzene rings is 1. The molecule has 0 aliphatic heterocycles. The smallest absolute Gasteiger partial charge is 0.221 e. The van der Waals surface area contributed by atoms with E-state index in [0.717, 1.165) is 0 Å². The average molecular weight is 259 g/mol. The molecule has 0 aromatic heterocycles. The molecule has 0 atom stereocenters. The van der Waals surface area contributed by atoms with E-state index in [1.165, 1.54) is 14.0 Å². The predicted octanol–water partition coefficient (Wildman–Crippen LogP) is 2.00. The number of carbonyl (C=O) groups excluding carboxylic acids is 1. The first-order chi connectivity index (χ1) is 6.54. The largest absolute Gasteiger partial charge is 0.493 e. The topological polar surface area (TPSA) is 64.3 Å². The molecular weight excluding hydrogens is 248 g/mol. The molecule has 76 valence electrons. The number of nitrogens with two attached hydrogens (primary N) is 1. The molecule has 0 heterocycles. The van der Waals surface area contributed by atoms with E-state index in [2.05, 4.69) is 21.2 Å². The highest BCUT2D eigenvalue weighted by Crippen LogP contribution is 2.35. The summed E-state index contributed by atoms with van der Waals surface area (Å²) in [5.41, 5.74) is 6.74. The van der Waals surface area contributed by atoms with Gasteiger partial charge in [0.25, 0.3) is 0 Å². The molecule has 0 fully saturated rings. The molecule has 1 rings (SSSR count). The van der Waals surface area contributed by atoms with E-state index in [1.54, 1.807) is 12.1 Å². The van der Waals surface area contributed by atoms with E-state index in [0.29, 0.717) is 21.6 Å². The Hall–Kier alpha value is -1.23. The van der Waals surface area contributed by atoms with Gasteiger partial charge in [-0.25, -0.2) is 0 Å². The Morgan fingerprint density at radius 2 is 2.21 bits per heavy atom. The van der Waals surface area contributed by atoms with Gasteiger partial charge in [0.15, 0.2) is 5.75 Å². The Balaban J connectivity index is 3.17. The number of anilines is 2. The van der Waals surface area contributed by atoms with Gasteiger partial charge in [-0.2, -0.15) is 0 Å². The number of hydrogen-bond acceptors (Lipinski definition) is 3. The standard InChI is InChI=1S/C9H11BrN2O2/c1-5(13)12-8-4-6(11)3-7(10)9(8)14-2/h3-4H,11H2,1-2H3,(H,12,13). The van der Waals surface area contributed by atoms with Crippen LogP contribution in [-0.2, 0) is 4.79 Å². The highest BCUT2D eigenvalue weighted by molar-refractivity contribution is 9.10. The number of carbonyl (C=O) groups is 1. The van der Waals surface area contributed by atoms with Crippen molar-refractivity contribution in [1.82, 2.24) is 0 Å². The molecule has 0 saturated carbocycles. The normalized spacial score (nSPS) is 9.64. The summed E-state index contributed by atoms with van der Waals surface area (Å²) in [7, 11) is 1.53. The maximum Gasteiger partial charge on any atom is 0.221 e. The van der Waals surface area contributed by atoms with Crippen LogP contribution in [0.15, 0.2) is 16.6 Å². The molecule has 0 bridgehead atoms. The second kappa shape index (κ2) is 4.32. The molecule has 1 aromatic carbocycles. The van der Waals surface area contributed by atoms with E-state index in [9.17, 15) is 4.79 Å². The highest BCUT2D eigenvalue weighted by Gasteiger charge is 2.09. The summed E-state index contributed by atoms with van der Waals surface area (Å²) in [6.07, 6.45) is 0. The summed E-state index contributed by atoms with van der Waals surface area (Å²) in [5, 5.41) is 2.63. The maximum atomic E-state index is 10.9. The Kier molecular flexibility index (Phi) is 3.35. The Morgan fingerprint density at radius 1 is 1.57 bits per heavy atom. The van der Waals surface area contributed by atoms with Crippen molar-refractivity contribution in [3.63, 3.8) is 0 Å². The Bertz CT molecular complexity index is 366. The zero-order valence-electron chi connectivity index (χ0n) is 7.93. The third kappa shape index (κ3) is 2.38. The van der Waals surface area contributed by atoms with Gasteiger partial charge in [0.05, 0.1) is 17.3 Å². The van der Waals surface area contributed by atoms with Gasteiger partial charge in [0.2, 0.25) is 5.91 Å². The molecule has 0 aliphatic carbocycles. The van der Waals surface area contributed by atoms with E-state index >= 15 is 0 Å². The van der Waals surface area contributed by atoms with E-state index in [4.69, 9.17) is 10.5 Å². The average Bonchev–Trinajstić information content (AvgIpc) is 2.01. The first kappa shape index (κ1) is 10.8. The lowest BCUT2D eigenvalue weighted by atomic mass is 10.2. The number of nitrogens with one attached hydrogen (secondary N) is 1. The van der Waals surface area contributed by atoms with Crippen LogP contribution in [-0.4, -0.2) is 13.0 Å². The second-order valence-electron chi connectivity index (χ2n) is 2.76. The maximum absolute atomic E-state index is 10.9. The van der Waals surface area contributed by atoms with Gasteiger partial charge >= 0.3 is 0 Å². The minimum atomic E-state index is -0.166. The number of hydrogen-bond donors (Lipinski definition) is 2. The van der Waals surface area contributed by atoms with Crippen LogP contribution < -0.4 is 15.8 Å². The summed E-state index contributed by atoms with van der Waals surface area (Å²) in [6.45, 7) is 1.43. The van der Waals surface area contributed by atoms with Gasteiger partial charge in [0, 0.05) is 12.6 Å². The Morgan fingerprint density at radius 3 is 2.71 bits per heavy atom. The van der Waals surface area contributed by atoms with E-state index < -0.39 is 0 Å². The summed E-state index contributed by atoms with van der Waals surface area (Å²) in [4.78, 5) is 10.9. The van der Waals surface area contributed by atoms with Crippen molar-refractivity contribution in [2.45, 2.75) is 6.92 Å². The molecular formula is C9H11BrN2O2. The summed E-state index contributed by atoms with van der Waals surface area (Å²) in [5.74, 6) is 0.398. The van der Waals surface area contributed by atoms with Crippen molar-refractivity contribution in [2.75, 3.05) is 18.2 Å². The quantitative estimate of drug-likeness (QED) is 0.798. The monoisotopic (exact) mass is 258 g/mol. The Labute approximate surface area is 90.6 Å². The van der Waals surface area contributed by atoms with Crippen LogP contribution in [0.1, 0.15) is 6.92 Å². The van der Waals surface area contributed by atoms with Crippen molar-refractivity contribution in [1.29, 1.82) is 0 Å². The predicted molar refractivity (Wildman–Crippen MR) is 59.4 cm³/mol. The first-order valence-corrected chi connectivity index (χ1v) is 4.74. The molecule has 0 saturated heterocycles. The molecule has 0 aliphatic rings. The molecule has 1 aromatic rings. The van der Waals surface area contributed by atoms with Crippen LogP contribution in [0.25, 0.3) is 0 Å². The SMILES string of the molecule is COc1c(Br)cc(N)cc1NC(C)=O. The fourth-order valence-corrected chi connectivity index (χ4v) is 1.74. The molecule has 14 heavy (non-hydrogen) atoms. The van der Waals surface area contributed by atoms with Crippen molar-refractivity contribution in [3.05, 3.63) is 16.6 Å². The molecule has 0 unspecified atom stereocenters. The van der Waals surface area contributed by atoms with Gasteiger partial charge in [-0.05, 0) is 28.1 Å². The van der Waals surface area contributed by atoms with Crippen LogP contribution in [0.4, 0.5) is 11.4 Å². The lowest BCUT2D eigenvalue weighted by Crippen LogP contribution is -2.07. The number of methoxy groups -OCH3 is 1. The summed E-state index contributed by atoms with van der Waals surface area (Å²) < 4.78 is 5.83. The highest BCUT2D eigenvalue weighted by atomic mass is 79.9. The van der Waals surface area contributed by atoms with Crippen molar-refractivity contribution in [3.8, 4) is 5.75 Å². The number of rotatable bonds is 2. The number of nitrogen functional groups attached to an aromatic ring is 1. The molecule has 0 radical (unpaired) electrons. The summed E-state index contributed by atoms with van der Waals surface area (Å²) >= 11 is 3.29. The second-order valence-corrected chi connectivity index (χ2v) is 3.62.